The molecule has 0 unspecified atom stereocenters. The molecule has 3 aromatic carbocycles. The van der Waals surface area contributed by atoms with Gasteiger partial charge in [-0.15, -0.1) is 11.8 Å². The summed E-state index contributed by atoms with van der Waals surface area (Å²) in [6, 6.07) is 23.3. The molecule has 5 rings (SSSR count). The van der Waals surface area contributed by atoms with E-state index in [-0.39, 0.29) is 29.0 Å². The molecule has 8 nitrogen and oxygen atoms in total. The second-order valence-corrected chi connectivity index (χ2v) is 10.9. The number of hydrogen-bond acceptors (Lipinski definition) is 6. The zero-order chi connectivity index (χ0) is 28.9. The lowest BCUT2D eigenvalue weighted by atomic mass is 10.2. The summed E-state index contributed by atoms with van der Waals surface area (Å²) in [6.45, 7) is 0. The van der Waals surface area contributed by atoms with Crippen LogP contribution in [0, 0.1) is 0 Å². The Morgan fingerprint density at radius 2 is 1.73 bits per heavy atom. The van der Waals surface area contributed by atoms with Crippen molar-refractivity contribution in [3.05, 3.63) is 118 Å². The maximum Gasteiger partial charge on any atom is 0.272 e. The zero-order valence-corrected chi connectivity index (χ0v) is 23.5. The van der Waals surface area contributed by atoms with Gasteiger partial charge in [-0.05, 0) is 60.7 Å². The summed E-state index contributed by atoms with van der Waals surface area (Å²) >= 11 is 13.3. The highest BCUT2D eigenvalue weighted by Gasteiger charge is 2.40. The van der Waals surface area contributed by atoms with E-state index in [1.54, 1.807) is 72.8 Å². The van der Waals surface area contributed by atoms with E-state index in [4.69, 9.17) is 27.6 Å². The van der Waals surface area contributed by atoms with Gasteiger partial charge in [-0.25, -0.2) is 4.90 Å². The molecule has 1 aliphatic rings. The van der Waals surface area contributed by atoms with E-state index in [1.165, 1.54) is 36.2 Å². The second-order valence-electron chi connectivity index (χ2n) is 8.85. The van der Waals surface area contributed by atoms with Crippen LogP contribution in [0.3, 0.4) is 0 Å². The molecule has 206 valence electrons. The Kier molecular flexibility index (Phi) is 8.58. The van der Waals surface area contributed by atoms with E-state index >= 15 is 0 Å². The van der Waals surface area contributed by atoms with Gasteiger partial charge in [-0.3, -0.25) is 19.2 Å². The maximum absolute atomic E-state index is 13.2. The lowest BCUT2D eigenvalue weighted by Crippen LogP contribution is -2.31. The molecule has 1 saturated heterocycles. The largest absolute Gasteiger partial charge is 0.465 e. The van der Waals surface area contributed by atoms with Gasteiger partial charge in [0.1, 0.15) is 11.5 Å². The van der Waals surface area contributed by atoms with Crippen molar-refractivity contribution in [2.75, 3.05) is 10.2 Å². The van der Waals surface area contributed by atoms with E-state index in [1.807, 2.05) is 0 Å². The molecule has 1 aliphatic heterocycles. The number of amides is 4. The predicted molar refractivity (Wildman–Crippen MR) is 159 cm³/mol. The van der Waals surface area contributed by atoms with E-state index < -0.39 is 17.1 Å². The summed E-state index contributed by atoms with van der Waals surface area (Å²) in [5.41, 5.74) is 1.14. The molecule has 41 heavy (non-hydrogen) atoms. The van der Waals surface area contributed by atoms with Gasteiger partial charge in [0.2, 0.25) is 11.8 Å². The van der Waals surface area contributed by atoms with E-state index in [0.717, 1.165) is 4.90 Å². The minimum Gasteiger partial charge on any atom is -0.465 e. The van der Waals surface area contributed by atoms with Crippen molar-refractivity contribution < 1.29 is 23.6 Å². The number of imide groups is 1. The van der Waals surface area contributed by atoms with Gasteiger partial charge in [-0.1, -0.05) is 47.5 Å². The second kappa shape index (κ2) is 12.5. The van der Waals surface area contributed by atoms with Crippen molar-refractivity contribution in [2.24, 2.45) is 0 Å². The summed E-state index contributed by atoms with van der Waals surface area (Å²) in [5, 5.41) is 5.32. The number of hydrogen-bond donors (Lipinski definition) is 2. The molecule has 0 saturated carbocycles. The molecule has 11 heteroatoms. The average molecular weight is 606 g/mol. The van der Waals surface area contributed by atoms with Gasteiger partial charge < -0.3 is 15.1 Å². The molecule has 1 aromatic heterocycles. The molecule has 0 bridgehead atoms. The summed E-state index contributed by atoms with van der Waals surface area (Å²) in [7, 11) is 0. The SMILES string of the molecule is O=C(Nc1cccc(S[C@@H]2CC(=O)N(c3ccc(Cl)c(Cl)c3)C2=O)c1)/C(=C\c1ccco1)NC(=O)c1ccccc1. The minimum atomic E-state index is -0.664. The van der Waals surface area contributed by atoms with Crippen LogP contribution in [0.2, 0.25) is 10.0 Å². The standard InChI is InChI=1S/C30H21Cl2N3O5S/c31-23-12-11-20(15-24(23)32)35-27(36)17-26(30(35)39)41-22-10-4-8-19(14-22)33-29(38)25(16-21-9-5-13-40-21)34-28(37)18-6-2-1-3-7-18/h1-16,26H,17H2,(H,33,38)(H,34,37)/b25-16+/t26-/m1/s1. The first-order chi connectivity index (χ1) is 19.8. The first-order valence-electron chi connectivity index (χ1n) is 12.3. The molecular formula is C30H21Cl2N3O5S. The summed E-state index contributed by atoms with van der Waals surface area (Å²) in [4.78, 5) is 53.6. The molecule has 4 amide bonds. The molecule has 1 fully saturated rings. The number of nitrogens with zero attached hydrogens (tertiary/aromatic N) is 1. The molecule has 0 aliphatic carbocycles. The topological polar surface area (TPSA) is 109 Å². The maximum atomic E-state index is 13.2. The number of rotatable bonds is 8. The Balaban J connectivity index is 1.30. The summed E-state index contributed by atoms with van der Waals surface area (Å²) in [6.07, 6.45) is 2.88. The Hall–Kier alpha value is -4.31. The van der Waals surface area contributed by atoms with Crippen molar-refractivity contribution in [3.63, 3.8) is 0 Å². The van der Waals surface area contributed by atoms with Crippen molar-refractivity contribution >= 4 is 76.0 Å². The van der Waals surface area contributed by atoms with Gasteiger partial charge in [0.15, 0.2) is 0 Å². The van der Waals surface area contributed by atoms with Gasteiger partial charge >= 0.3 is 0 Å². The fourth-order valence-corrected chi connectivity index (χ4v) is 5.46. The van der Waals surface area contributed by atoms with Gasteiger partial charge in [-0.2, -0.15) is 0 Å². The first-order valence-corrected chi connectivity index (χ1v) is 13.9. The van der Waals surface area contributed by atoms with Crippen LogP contribution in [-0.2, 0) is 14.4 Å². The molecule has 0 spiro atoms. The van der Waals surface area contributed by atoms with Crippen LogP contribution >= 0.6 is 35.0 Å². The number of carbonyl (C=O) groups excluding carboxylic acids is 4. The number of furan rings is 1. The Morgan fingerprint density at radius 3 is 2.46 bits per heavy atom. The quantitative estimate of drug-likeness (QED) is 0.177. The first kappa shape index (κ1) is 28.2. The fraction of sp³-hybridized carbons (Fsp3) is 0.0667. The minimum absolute atomic E-state index is 0.00187. The van der Waals surface area contributed by atoms with E-state index in [9.17, 15) is 19.2 Å². The Labute approximate surface area is 249 Å². The summed E-state index contributed by atoms with van der Waals surface area (Å²) < 4.78 is 5.33. The third-order valence-electron chi connectivity index (χ3n) is 6.00. The molecular weight excluding hydrogens is 585 g/mol. The molecule has 1 atom stereocenters. The van der Waals surface area contributed by atoms with Crippen molar-refractivity contribution in [2.45, 2.75) is 16.6 Å². The van der Waals surface area contributed by atoms with Crippen LogP contribution in [0.4, 0.5) is 11.4 Å². The van der Waals surface area contributed by atoms with Crippen LogP contribution in [-0.4, -0.2) is 28.9 Å². The van der Waals surface area contributed by atoms with Crippen LogP contribution in [0.1, 0.15) is 22.5 Å². The Bertz CT molecular complexity index is 1660. The monoisotopic (exact) mass is 605 g/mol. The average Bonchev–Trinajstić information content (AvgIpc) is 3.57. The third kappa shape index (κ3) is 6.71. The lowest BCUT2D eigenvalue weighted by Gasteiger charge is -2.16. The van der Waals surface area contributed by atoms with E-state index in [0.29, 0.717) is 32.6 Å². The van der Waals surface area contributed by atoms with Crippen molar-refractivity contribution in [1.29, 1.82) is 0 Å². The Morgan fingerprint density at radius 1 is 0.927 bits per heavy atom. The van der Waals surface area contributed by atoms with Crippen LogP contribution in [0.15, 0.2) is 106 Å². The number of thioether (sulfide) groups is 1. The van der Waals surface area contributed by atoms with Crippen molar-refractivity contribution in [1.82, 2.24) is 5.32 Å². The highest BCUT2D eigenvalue weighted by atomic mass is 35.5. The van der Waals surface area contributed by atoms with Gasteiger partial charge in [0, 0.05) is 28.6 Å². The zero-order valence-electron chi connectivity index (χ0n) is 21.2. The number of carbonyl (C=O) groups is 4. The highest BCUT2D eigenvalue weighted by Crippen LogP contribution is 2.36. The van der Waals surface area contributed by atoms with E-state index in [2.05, 4.69) is 10.6 Å². The highest BCUT2D eigenvalue weighted by molar-refractivity contribution is 8.00. The van der Waals surface area contributed by atoms with Crippen LogP contribution in [0.5, 0.6) is 0 Å². The lowest BCUT2D eigenvalue weighted by molar-refractivity contribution is -0.121. The van der Waals surface area contributed by atoms with Crippen LogP contribution in [0.25, 0.3) is 6.08 Å². The number of nitrogens with one attached hydrogen (secondary N) is 2. The van der Waals surface area contributed by atoms with Gasteiger partial charge in [0.25, 0.3) is 11.8 Å². The smallest absolute Gasteiger partial charge is 0.272 e. The molecule has 0 radical (unpaired) electrons. The predicted octanol–water partition coefficient (Wildman–Crippen LogP) is 6.42. The number of benzene rings is 3. The molecule has 2 N–H and O–H groups in total. The molecule has 2 heterocycles. The van der Waals surface area contributed by atoms with Crippen LogP contribution < -0.4 is 15.5 Å². The third-order valence-corrected chi connectivity index (χ3v) is 7.91. The normalized spacial score (nSPS) is 15.2. The van der Waals surface area contributed by atoms with Gasteiger partial charge in [0.05, 0.1) is 27.2 Å². The molecule has 4 aromatic rings. The number of anilines is 2. The number of halogens is 2. The summed E-state index contributed by atoms with van der Waals surface area (Å²) in [5.74, 6) is -1.38. The van der Waals surface area contributed by atoms with Crippen molar-refractivity contribution in [3.8, 4) is 0 Å². The fourth-order valence-electron chi connectivity index (χ4n) is 4.06.